The van der Waals surface area contributed by atoms with Crippen LogP contribution >= 0.6 is 11.3 Å². The number of hydrogen-bond acceptors (Lipinski definition) is 4. The third-order valence-electron chi connectivity index (χ3n) is 4.74. The SMILES string of the molecule is CCc1ccc(OCc2ccc(-c3nc(CC(=O)O)cs3)cc2)c(C(C)(C)C)c1. The quantitative estimate of drug-likeness (QED) is 0.530. The van der Waals surface area contributed by atoms with E-state index in [-0.39, 0.29) is 11.8 Å². The summed E-state index contributed by atoms with van der Waals surface area (Å²) in [7, 11) is 0. The molecule has 0 aliphatic heterocycles. The highest BCUT2D eigenvalue weighted by atomic mass is 32.1. The Morgan fingerprint density at radius 1 is 1.10 bits per heavy atom. The molecular formula is C24H27NO3S. The van der Waals surface area contributed by atoms with E-state index in [4.69, 9.17) is 9.84 Å². The number of benzene rings is 2. The summed E-state index contributed by atoms with van der Waals surface area (Å²) < 4.78 is 6.16. The molecule has 0 spiro atoms. The Morgan fingerprint density at radius 3 is 2.41 bits per heavy atom. The Balaban J connectivity index is 1.71. The van der Waals surface area contributed by atoms with E-state index in [2.05, 4.69) is 50.9 Å². The van der Waals surface area contributed by atoms with Crippen molar-refractivity contribution in [1.29, 1.82) is 0 Å². The molecule has 5 heteroatoms. The molecule has 0 radical (unpaired) electrons. The number of aromatic nitrogens is 1. The fourth-order valence-electron chi connectivity index (χ4n) is 3.09. The molecule has 0 saturated carbocycles. The summed E-state index contributed by atoms with van der Waals surface area (Å²) in [6.07, 6.45) is 0.963. The number of hydrogen-bond donors (Lipinski definition) is 1. The van der Waals surface area contributed by atoms with Crippen LogP contribution in [0.1, 0.15) is 50.1 Å². The van der Waals surface area contributed by atoms with Gasteiger partial charge in [0.15, 0.2) is 0 Å². The van der Waals surface area contributed by atoms with Gasteiger partial charge in [0.1, 0.15) is 17.4 Å². The van der Waals surface area contributed by atoms with Crippen LogP contribution in [0.3, 0.4) is 0 Å². The number of aliphatic carboxylic acids is 1. The second kappa shape index (κ2) is 8.78. The third kappa shape index (κ3) is 5.45. The summed E-state index contributed by atoms with van der Waals surface area (Å²) in [5.74, 6) is 0.0629. The molecule has 0 amide bonds. The molecule has 3 aromatic rings. The highest BCUT2D eigenvalue weighted by Gasteiger charge is 2.19. The standard InChI is InChI=1S/C24H27NO3S/c1-5-16-8-11-21(20(12-16)24(2,3)4)28-14-17-6-9-18(10-7-17)23-25-19(15-29-23)13-22(26)27/h6-12,15H,5,13-14H2,1-4H3,(H,26,27). The number of thiazole rings is 1. The van der Waals surface area contributed by atoms with E-state index in [0.29, 0.717) is 12.3 Å². The molecule has 0 fully saturated rings. The van der Waals surface area contributed by atoms with Gasteiger partial charge in [0.05, 0.1) is 12.1 Å². The van der Waals surface area contributed by atoms with E-state index < -0.39 is 5.97 Å². The molecule has 0 atom stereocenters. The van der Waals surface area contributed by atoms with Crippen LogP contribution in [-0.4, -0.2) is 16.1 Å². The fourth-order valence-corrected chi connectivity index (χ4v) is 3.92. The molecule has 3 rings (SSSR count). The first-order chi connectivity index (χ1) is 13.8. The maximum atomic E-state index is 10.8. The minimum Gasteiger partial charge on any atom is -0.489 e. The zero-order valence-electron chi connectivity index (χ0n) is 17.4. The average Bonchev–Trinajstić information content (AvgIpc) is 3.13. The van der Waals surface area contributed by atoms with Crippen molar-refractivity contribution in [3.8, 4) is 16.3 Å². The Kier molecular flexibility index (Phi) is 6.38. The van der Waals surface area contributed by atoms with Gasteiger partial charge >= 0.3 is 5.97 Å². The minimum absolute atomic E-state index is 0.0167. The Bertz CT molecular complexity index is 984. The molecular weight excluding hydrogens is 382 g/mol. The van der Waals surface area contributed by atoms with Crippen molar-refractivity contribution in [2.45, 2.75) is 52.6 Å². The molecule has 1 N–H and O–H groups in total. The van der Waals surface area contributed by atoms with Crippen molar-refractivity contribution in [3.63, 3.8) is 0 Å². The molecule has 0 aliphatic rings. The lowest BCUT2D eigenvalue weighted by Gasteiger charge is -2.23. The van der Waals surface area contributed by atoms with Crippen molar-refractivity contribution >= 4 is 17.3 Å². The van der Waals surface area contributed by atoms with Gasteiger partial charge in [-0.1, -0.05) is 64.1 Å². The van der Waals surface area contributed by atoms with Crippen LogP contribution in [0.15, 0.2) is 47.8 Å². The van der Waals surface area contributed by atoms with E-state index in [1.54, 1.807) is 5.38 Å². The molecule has 152 valence electrons. The van der Waals surface area contributed by atoms with Crippen molar-refractivity contribution in [1.82, 2.24) is 4.98 Å². The summed E-state index contributed by atoms with van der Waals surface area (Å²) in [6.45, 7) is 9.27. The van der Waals surface area contributed by atoms with Gasteiger partial charge in [-0.2, -0.15) is 0 Å². The zero-order chi connectivity index (χ0) is 21.0. The van der Waals surface area contributed by atoms with E-state index in [0.717, 1.165) is 28.3 Å². The molecule has 4 nitrogen and oxygen atoms in total. The number of aryl methyl sites for hydroxylation is 1. The molecule has 0 bridgehead atoms. The summed E-state index contributed by atoms with van der Waals surface area (Å²) in [5, 5.41) is 11.5. The van der Waals surface area contributed by atoms with Crippen LogP contribution in [0.2, 0.25) is 0 Å². The third-order valence-corrected chi connectivity index (χ3v) is 5.68. The van der Waals surface area contributed by atoms with Crippen molar-refractivity contribution in [2.75, 3.05) is 0 Å². The molecule has 29 heavy (non-hydrogen) atoms. The van der Waals surface area contributed by atoms with Crippen LogP contribution in [0.25, 0.3) is 10.6 Å². The van der Waals surface area contributed by atoms with Crippen LogP contribution < -0.4 is 4.74 Å². The summed E-state index contributed by atoms with van der Waals surface area (Å²) >= 11 is 1.46. The number of nitrogens with zero attached hydrogens (tertiary/aromatic N) is 1. The highest BCUT2D eigenvalue weighted by molar-refractivity contribution is 7.13. The van der Waals surface area contributed by atoms with Gasteiger partial charge in [-0.3, -0.25) is 4.79 Å². The first-order valence-corrected chi connectivity index (χ1v) is 10.7. The summed E-state index contributed by atoms with van der Waals surface area (Å²) in [5.41, 5.74) is 5.21. The van der Waals surface area contributed by atoms with E-state index in [1.165, 1.54) is 22.5 Å². The lowest BCUT2D eigenvalue weighted by atomic mass is 9.85. The van der Waals surface area contributed by atoms with Gasteiger partial charge in [0.2, 0.25) is 0 Å². The first kappa shape index (κ1) is 21.1. The average molecular weight is 410 g/mol. The molecule has 0 saturated heterocycles. The summed E-state index contributed by atoms with van der Waals surface area (Å²) in [6, 6.07) is 14.5. The number of rotatable bonds is 7. The second-order valence-electron chi connectivity index (χ2n) is 8.13. The molecule has 0 unspecified atom stereocenters. The fraction of sp³-hybridized carbons (Fsp3) is 0.333. The summed E-state index contributed by atoms with van der Waals surface area (Å²) in [4.78, 5) is 15.2. The maximum Gasteiger partial charge on any atom is 0.309 e. The van der Waals surface area contributed by atoms with Gasteiger partial charge in [-0.25, -0.2) is 4.98 Å². The largest absolute Gasteiger partial charge is 0.489 e. The predicted molar refractivity (Wildman–Crippen MR) is 118 cm³/mol. The van der Waals surface area contributed by atoms with Gasteiger partial charge in [0, 0.05) is 10.9 Å². The van der Waals surface area contributed by atoms with Gasteiger partial charge in [-0.15, -0.1) is 11.3 Å². The molecule has 1 heterocycles. The predicted octanol–water partition coefficient (Wildman–Crippen LogP) is 5.88. The minimum atomic E-state index is -0.865. The van der Waals surface area contributed by atoms with E-state index >= 15 is 0 Å². The number of ether oxygens (including phenoxy) is 1. The smallest absolute Gasteiger partial charge is 0.309 e. The normalized spacial score (nSPS) is 11.4. The number of carboxylic acids is 1. The Hall–Kier alpha value is -2.66. The lowest BCUT2D eigenvalue weighted by molar-refractivity contribution is -0.136. The second-order valence-corrected chi connectivity index (χ2v) is 8.99. The van der Waals surface area contributed by atoms with Gasteiger partial charge < -0.3 is 9.84 Å². The molecule has 1 aromatic heterocycles. The van der Waals surface area contributed by atoms with Crippen molar-refractivity contribution in [3.05, 3.63) is 70.2 Å². The van der Waals surface area contributed by atoms with E-state index in [9.17, 15) is 4.79 Å². The van der Waals surface area contributed by atoms with E-state index in [1.807, 2.05) is 24.3 Å². The van der Waals surface area contributed by atoms with Crippen LogP contribution in [0, 0.1) is 0 Å². The highest BCUT2D eigenvalue weighted by Crippen LogP contribution is 2.33. The van der Waals surface area contributed by atoms with Crippen molar-refractivity contribution < 1.29 is 14.6 Å². The van der Waals surface area contributed by atoms with Crippen LogP contribution in [0.4, 0.5) is 0 Å². The molecule has 2 aromatic carbocycles. The first-order valence-electron chi connectivity index (χ1n) is 9.78. The molecule has 0 aliphatic carbocycles. The van der Waals surface area contributed by atoms with Gasteiger partial charge in [0.25, 0.3) is 0 Å². The monoisotopic (exact) mass is 409 g/mol. The number of carboxylic acid groups (broad SMARTS) is 1. The Morgan fingerprint density at radius 2 is 1.79 bits per heavy atom. The van der Waals surface area contributed by atoms with Crippen LogP contribution in [-0.2, 0) is 29.7 Å². The van der Waals surface area contributed by atoms with Crippen LogP contribution in [0.5, 0.6) is 5.75 Å². The maximum absolute atomic E-state index is 10.8. The van der Waals surface area contributed by atoms with Gasteiger partial charge in [-0.05, 0) is 34.6 Å². The topological polar surface area (TPSA) is 59.4 Å². The zero-order valence-corrected chi connectivity index (χ0v) is 18.2. The van der Waals surface area contributed by atoms with Crippen molar-refractivity contribution in [2.24, 2.45) is 0 Å². The number of carbonyl (C=O) groups is 1. The lowest BCUT2D eigenvalue weighted by Crippen LogP contribution is -2.14. The Labute approximate surface area is 176 Å².